The van der Waals surface area contributed by atoms with Gasteiger partial charge in [-0.3, -0.25) is 14.3 Å². The zero-order chi connectivity index (χ0) is 16.3. The molecule has 0 saturated carbocycles. The van der Waals surface area contributed by atoms with Gasteiger partial charge in [-0.2, -0.15) is 0 Å². The second-order valence-electron chi connectivity index (χ2n) is 4.20. The smallest absolute Gasteiger partial charge is 0.343 e. The molecule has 2 rings (SSSR count). The number of carbonyl (C=O) groups is 2. The average Bonchev–Trinajstić information content (AvgIpc) is 2.53. The lowest BCUT2D eigenvalue weighted by Gasteiger charge is -2.09. The standard InChI is InChI=1S/C14H12N2O6/c1-21-13(19)8-3-9(6-15-5-8)16-7-10(14(20)22-2)11(17)4-12(16)18/h3-7,17H,1-2H3. The Morgan fingerprint density at radius 1 is 1.14 bits per heavy atom. The summed E-state index contributed by atoms with van der Waals surface area (Å²) in [6.07, 6.45) is 3.72. The predicted octanol–water partition coefficient (Wildman–Crippen LogP) is 0.511. The van der Waals surface area contributed by atoms with Crippen molar-refractivity contribution >= 4 is 11.9 Å². The number of nitrogens with zero attached hydrogens (tertiary/aromatic N) is 2. The van der Waals surface area contributed by atoms with Crippen LogP contribution in [0.3, 0.4) is 0 Å². The fourth-order valence-electron chi connectivity index (χ4n) is 1.78. The van der Waals surface area contributed by atoms with Crippen molar-refractivity contribution in [3.8, 4) is 11.4 Å². The zero-order valence-corrected chi connectivity index (χ0v) is 11.8. The van der Waals surface area contributed by atoms with Crippen molar-refractivity contribution in [2.24, 2.45) is 0 Å². The molecule has 0 unspecified atom stereocenters. The number of rotatable bonds is 3. The Bertz CT molecular complexity index is 796. The Balaban J connectivity index is 2.60. The van der Waals surface area contributed by atoms with E-state index in [2.05, 4.69) is 14.5 Å². The van der Waals surface area contributed by atoms with E-state index in [0.29, 0.717) is 0 Å². The Morgan fingerprint density at radius 3 is 2.45 bits per heavy atom. The van der Waals surface area contributed by atoms with Gasteiger partial charge in [-0.15, -0.1) is 0 Å². The second-order valence-corrected chi connectivity index (χ2v) is 4.20. The van der Waals surface area contributed by atoms with Crippen LogP contribution in [0.25, 0.3) is 5.69 Å². The lowest BCUT2D eigenvalue weighted by atomic mass is 10.2. The number of aromatic nitrogens is 2. The van der Waals surface area contributed by atoms with E-state index in [9.17, 15) is 19.5 Å². The molecule has 22 heavy (non-hydrogen) atoms. The number of ether oxygens (including phenoxy) is 2. The maximum Gasteiger partial charge on any atom is 0.343 e. The van der Waals surface area contributed by atoms with Crippen molar-refractivity contribution in [1.82, 2.24) is 9.55 Å². The van der Waals surface area contributed by atoms with Crippen molar-refractivity contribution in [2.75, 3.05) is 14.2 Å². The van der Waals surface area contributed by atoms with Crippen LogP contribution in [0.5, 0.6) is 5.75 Å². The fraction of sp³-hybridized carbons (Fsp3) is 0.143. The molecule has 0 aromatic carbocycles. The molecule has 0 aliphatic rings. The molecule has 2 aromatic rings. The number of esters is 2. The Morgan fingerprint density at radius 2 is 1.82 bits per heavy atom. The van der Waals surface area contributed by atoms with Crippen LogP contribution in [0.4, 0.5) is 0 Å². The third-order valence-electron chi connectivity index (χ3n) is 2.86. The van der Waals surface area contributed by atoms with Crippen LogP contribution < -0.4 is 5.56 Å². The summed E-state index contributed by atoms with van der Waals surface area (Å²) >= 11 is 0. The van der Waals surface area contributed by atoms with Crippen LogP contribution in [0.1, 0.15) is 20.7 Å². The molecule has 0 amide bonds. The number of hydrogen-bond donors (Lipinski definition) is 1. The highest BCUT2D eigenvalue weighted by atomic mass is 16.5. The maximum atomic E-state index is 12.0. The first-order chi connectivity index (χ1) is 10.5. The molecule has 0 atom stereocenters. The lowest BCUT2D eigenvalue weighted by Crippen LogP contribution is -2.20. The van der Waals surface area contributed by atoms with Gasteiger partial charge < -0.3 is 14.6 Å². The molecule has 2 heterocycles. The number of methoxy groups -OCH3 is 2. The first-order valence-corrected chi connectivity index (χ1v) is 6.05. The van der Waals surface area contributed by atoms with E-state index < -0.39 is 23.2 Å². The first kappa shape index (κ1) is 15.2. The van der Waals surface area contributed by atoms with Gasteiger partial charge in [0, 0.05) is 18.5 Å². The second kappa shape index (κ2) is 6.08. The van der Waals surface area contributed by atoms with Gasteiger partial charge in [-0.25, -0.2) is 9.59 Å². The summed E-state index contributed by atoms with van der Waals surface area (Å²) in [5.41, 5.74) is -0.419. The topological polar surface area (TPSA) is 108 Å². The molecule has 0 fully saturated rings. The van der Waals surface area contributed by atoms with Crippen molar-refractivity contribution in [3.63, 3.8) is 0 Å². The molecule has 2 aromatic heterocycles. The summed E-state index contributed by atoms with van der Waals surface area (Å²) in [7, 11) is 2.37. The van der Waals surface area contributed by atoms with Gasteiger partial charge in [0.25, 0.3) is 5.56 Å². The minimum Gasteiger partial charge on any atom is -0.507 e. The summed E-state index contributed by atoms with van der Waals surface area (Å²) in [5, 5.41) is 9.64. The monoisotopic (exact) mass is 304 g/mol. The van der Waals surface area contributed by atoms with Gasteiger partial charge in [0.2, 0.25) is 0 Å². The fourth-order valence-corrected chi connectivity index (χ4v) is 1.78. The van der Waals surface area contributed by atoms with E-state index in [1.54, 1.807) is 0 Å². The Labute approximate surface area is 124 Å². The van der Waals surface area contributed by atoms with Crippen LogP contribution in [0, 0.1) is 0 Å². The van der Waals surface area contributed by atoms with Gasteiger partial charge in [-0.1, -0.05) is 0 Å². The highest BCUT2D eigenvalue weighted by Crippen LogP contribution is 2.17. The molecule has 0 bridgehead atoms. The quantitative estimate of drug-likeness (QED) is 0.823. The average molecular weight is 304 g/mol. The van der Waals surface area contributed by atoms with Crippen LogP contribution in [0.2, 0.25) is 0 Å². The zero-order valence-electron chi connectivity index (χ0n) is 11.8. The van der Waals surface area contributed by atoms with E-state index in [0.717, 1.165) is 23.9 Å². The number of aromatic hydroxyl groups is 1. The number of pyridine rings is 2. The summed E-state index contributed by atoms with van der Waals surface area (Å²) in [4.78, 5) is 38.9. The first-order valence-electron chi connectivity index (χ1n) is 6.05. The summed E-state index contributed by atoms with van der Waals surface area (Å²) < 4.78 is 10.2. The number of carbonyl (C=O) groups excluding carboxylic acids is 2. The third-order valence-corrected chi connectivity index (χ3v) is 2.86. The van der Waals surface area contributed by atoms with Gasteiger partial charge >= 0.3 is 11.9 Å². The van der Waals surface area contributed by atoms with E-state index in [4.69, 9.17) is 0 Å². The predicted molar refractivity (Wildman–Crippen MR) is 74.2 cm³/mol. The van der Waals surface area contributed by atoms with E-state index in [1.165, 1.54) is 25.6 Å². The molecular formula is C14H12N2O6. The molecule has 0 aliphatic heterocycles. The van der Waals surface area contributed by atoms with Gasteiger partial charge in [0.05, 0.1) is 31.7 Å². The van der Waals surface area contributed by atoms with Crippen molar-refractivity contribution in [3.05, 3.63) is 52.2 Å². The van der Waals surface area contributed by atoms with Gasteiger partial charge in [0.1, 0.15) is 11.3 Å². The van der Waals surface area contributed by atoms with Crippen LogP contribution in [-0.4, -0.2) is 40.8 Å². The molecule has 0 aliphatic carbocycles. The van der Waals surface area contributed by atoms with E-state index in [1.807, 2.05) is 0 Å². The highest BCUT2D eigenvalue weighted by Gasteiger charge is 2.16. The highest BCUT2D eigenvalue weighted by molar-refractivity contribution is 5.92. The Kier molecular flexibility index (Phi) is 4.21. The van der Waals surface area contributed by atoms with E-state index >= 15 is 0 Å². The van der Waals surface area contributed by atoms with Gasteiger partial charge in [0.15, 0.2) is 0 Å². The summed E-state index contributed by atoms with van der Waals surface area (Å²) in [6.45, 7) is 0. The summed E-state index contributed by atoms with van der Waals surface area (Å²) in [6, 6.07) is 2.25. The molecule has 8 nitrogen and oxygen atoms in total. The molecule has 114 valence electrons. The summed E-state index contributed by atoms with van der Waals surface area (Å²) in [5.74, 6) is -1.91. The lowest BCUT2D eigenvalue weighted by molar-refractivity contribution is 0.0588. The van der Waals surface area contributed by atoms with Crippen LogP contribution in [0.15, 0.2) is 35.5 Å². The van der Waals surface area contributed by atoms with Crippen molar-refractivity contribution in [1.29, 1.82) is 0 Å². The third kappa shape index (κ3) is 2.80. The molecule has 0 radical (unpaired) electrons. The molecule has 0 saturated heterocycles. The largest absolute Gasteiger partial charge is 0.507 e. The van der Waals surface area contributed by atoms with Crippen LogP contribution >= 0.6 is 0 Å². The molecule has 0 spiro atoms. The van der Waals surface area contributed by atoms with E-state index in [-0.39, 0.29) is 16.8 Å². The normalized spacial score (nSPS) is 10.1. The molecule has 1 N–H and O–H groups in total. The SMILES string of the molecule is COC(=O)c1cncc(-n2cc(C(=O)OC)c(O)cc2=O)c1. The maximum absolute atomic E-state index is 12.0. The van der Waals surface area contributed by atoms with Crippen molar-refractivity contribution < 1.29 is 24.2 Å². The molecule has 8 heteroatoms. The Hall–Kier alpha value is -3.16. The minimum absolute atomic E-state index is 0.139. The van der Waals surface area contributed by atoms with Gasteiger partial charge in [-0.05, 0) is 6.07 Å². The minimum atomic E-state index is -0.802. The number of hydrogen-bond acceptors (Lipinski definition) is 7. The van der Waals surface area contributed by atoms with Crippen molar-refractivity contribution in [2.45, 2.75) is 0 Å². The molecular weight excluding hydrogens is 292 g/mol. The van der Waals surface area contributed by atoms with Crippen LogP contribution in [-0.2, 0) is 9.47 Å².